The molecule has 3 nitrogen and oxygen atoms in total. The molecule has 22 heavy (non-hydrogen) atoms. The van der Waals surface area contributed by atoms with Crippen LogP contribution < -0.4 is 0 Å². The van der Waals surface area contributed by atoms with E-state index in [1.54, 1.807) is 12.3 Å². The summed E-state index contributed by atoms with van der Waals surface area (Å²) in [5, 5.41) is 9.97. The van der Waals surface area contributed by atoms with E-state index in [4.69, 9.17) is 11.6 Å². The number of hydrogen-bond donors (Lipinski definition) is 1. The highest BCUT2D eigenvalue weighted by molar-refractivity contribution is 6.31. The lowest BCUT2D eigenvalue weighted by Crippen LogP contribution is -2.18. The minimum absolute atomic E-state index is 0.0129. The summed E-state index contributed by atoms with van der Waals surface area (Å²) in [7, 11) is 0. The number of imidazole rings is 1. The summed E-state index contributed by atoms with van der Waals surface area (Å²) in [6.07, 6.45) is 3.10. The van der Waals surface area contributed by atoms with Gasteiger partial charge in [0, 0.05) is 17.3 Å². The fourth-order valence-electron chi connectivity index (χ4n) is 2.36. The van der Waals surface area contributed by atoms with Crippen LogP contribution in [-0.2, 0) is 5.60 Å². The van der Waals surface area contributed by atoms with Crippen molar-refractivity contribution in [2.24, 2.45) is 0 Å². The van der Waals surface area contributed by atoms with Gasteiger partial charge in [-0.25, -0.2) is 13.8 Å². The van der Waals surface area contributed by atoms with E-state index in [1.165, 1.54) is 42.6 Å². The van der Waals surface area contributed by atoms with Crippen molar-refractivity contribution in [1.29, 1.82) is 0 Å². The van der Waals surface area contributed by atoms with Crippen LogP contribution >= 0.6 is 11.6 Å². The topological polar surface area (TPSA) is 37.5 Å². The second kappa shape index (κ2) is 5.04. The Bertz CT molecular complexity index is 868. The van der Waals surface area contributed by atoms with Crippen molar-refractivity contribution in [2.75, 3.05) is 0 Å². The molecule has 1 N–H and O–H groups in total. The molecule has 6 heteroatoms. The van der Waals surface area contributed by atoms with Gasteiger partial charge in [-0.3, -0.25) is 4.40 Å². The molecule has 0 unspecified atom stereocenters. The molecule has 0 fully saturated rings. The summed E-state index contributed by atoms with van der Waals surface area (Å²) >= 11 is 5.79. The average Bonchev–Trinajstić information content (AvgIpc) is 2.85. The van der Waals surface area contributed by atoms with Crippen molar-refractivity contribution in [3.05, 3.63) is 58.9 Å². The van der Waals surface area contributed by atoms with E-state index in [9.17, 15) is 13.9 Å². The molecule has 0 aliphatic heterocycles. The Kier molecular flexibility index (Phi) is 3.42. The first-order valence-electron chi connectivity index (χ1n) is 6.63. The second-order valence-electron chi connectivity index (χ2n) is 5.57. The Morgan fingerprint density at radius 1 is 1.23 bits per heavy atom. The molecule has 0 aliphatic carbocycles. The summed E-state index contributed by atoms with van der Waals surface area (Å²) in [5.41, 5.74) is 0.147. The first-order chi connectivity index (χ1) is 10.3. The Morgan fingerprint density at radius 2 is 1.95 bits per heavy atom. The zero-order chi connectivity index (χ0) is 16.1. The number of fused-ring (bicyclic) bond motifs is 1. The summed E-state index contributed by atoms with van der Waals surface area (Å²) < 4.78 is 29.3. The second-order valence-corrected chi connectivity index (χ2v) is 5.98. The Hall–Kier alpha value is -1.98. The molecule has 1 aromatic carbocycles. The zero-order valence-corrected chi connectivity index (χ0v) is 12.7. The summed E-state index contributed by atoms with van der Waals surface area (Å²) in [4.78, 5) is 4.06. The van der Waals surface area contributed by atoms with E-state index in [0.29, 0.717) is 11.3 Å². The van der Waals surface area contributed by atoms with Crippen molar-refractivity contribution >= 4 is 17.2 Å². The minimum Gasteiger partial charge on any atom is -0.386 e. The van der Waals surface area contributed by atoms with E-state index >= 15 is 0 Å². The fraction of sp³-hybridized carbons (Fsp3) is 0.188. The molecule has 0 spiro atoms. The maximum absolute atomic E-state index is 14.5. The van der Waals surface area contributed by atoms with Crippen molar-refractivity contribution in [3.63, 3.8) is 0 Å². The van der Waals surface area contributed by atoms with E-state index in [2.05, 4.69) is 4.98 Å². The number of pyridine rings is 1. The van der Waals surface area contributed by atoms with Gasteiger partial charge in [-0.05, 0) is 38.1 Å². The van der Waals surface area contributed by atoms with Gasteiger partial charge in [0.25, 0.3) is 0 Å². The summed E-state index contributed by atoms with van der Waals surface area (Å²) in [6, 6.07) is 5.76. The fourth-order valence-corrected chi connectivity index (χ4v) is 2.54. The van der Waals surface area contributed by atoms with Crippen molar-refractivity contribution in [3.8, 4) is 11.3 Å². The molecule has 3 rings (SSSR count). The van der Waals surface area contributed by atoms with E-state index in [0.717, 1.165) is 0 Å². The number of aromatic nitrogens is 2. The molecule has 0 saturated carbocycles. The Balaban J connectivity index is 2.21. The number of rotatable bonds is 2. The monoisotopic (exact) mass is 322 g/mol. The predicted molar refractivity (Wildman–Crippen MR) is 80.8 cm³/mol. The molecule has 0 amide bonds. The molecular formula is C16H13ClF2N2O. The van der Waals surface area contributed by atoms with Crippen LogP contribution in [0, 0.1) is 11.6 Å². The van der Waals surface area contributed by atoms with Gasteiger partial charge in [0.05, 0.1) is 22.5 Å². The Morgan fingerprint density at radius 3 is 2.59 bits per heavy atom. The standard InChI is InChI=1S/C16H13ClF2N2O/c1-16(2,22)10-5-6-21-13(8-20-15(21)14(10)19)9-3-4-12(18)11(17)7-9/h3-8,22H,1-2H3. The molecule has 114 valence electrons. The summed E-state index contributed by atoms with van der Waals surface area (Å²) in [6.45, 7) is 3.01. The lowest BCUT2D eigenvalue weighted by Gasteiger charge is -2.18. The van der Waals surface area contributed by atoms with Crippen molar-refractivity contribution in [2.45, 2.75) is 19.4 Å². The Labute approximate surface area is 130 Å². The molecule has 2 heterocycles. The van der Waals surface area contributed by atoms with Crippen LogP contribution in [0.25, 0.3) is 16.9 Å². The van der Waals surface area contributed by atoms with E-state index in [-0.39, 0.29) is 16.2 Å². The molecule has 0 atom stereocenters. The van der Waals surface area contributed by atoms with Crippen LogP contribution in [0.3, 0.4) is 0 Å². The predicted octanol–water partition coefficient (Wildman–Crippen LogP) is 4.16. The number of benzene rings is 1. The van der Waals surface area contributed by atoms with Crippen LogP contribution in [0.4, 0.5) is 8.78 Å². The molecule has 0 aliphatic rings. The smallest absolute Gasteiger partial charge is 0.174 e. The lowest BCUT2D eigenvalue weighted by molar-refractivity contribution is 0.0746. The third-order valence-corrected chi connectivity index (χ3v) is 3.78. The maximum Gasteiger partial charge on any atom is 0.174 e. The normalized spacial score (nSPS) is 12.1. The van der Waals surface area contributed by atoms with Gasteiger partial charge in [0.15, 0.2) is 11.5 Å². The van der Waals surface area contributed by atoms with Crippen molar-refractivity contribution < 1.29 is 13.9 Å². The highest BCUT2D eigenvalue weighted by Crippen LogP contribution is 2.29. The molecule has 0 saturated heterocycles. The summed E-state index contributed by atoms with van der Waals surface area (Å²) in [5.74, 6) is -1.11. The van der Waals surface area contributed by atoms with Crippen molar-refractivity contribution in [1.82, 2.24) is 9.38 Å². The molecular weight excluding hydrogens is 310 g/mol. The van der Waals surface area contributed by atoms with Gasteiger partial charge < -0.3 is 5.11 Å². The molecule has 3 aromatic rings. The molecule has 0 bridgehead atoms. The quantitative estimate of drug-likeness (QED) is 0.769. The highest BCUT2D eigenvalue weighted by atomic mass is 35.5. The van der Waals surface area contributed by atoms with Gasteiger partial charge >= 0.3 is 0 Å². The number of aliphatic hydroxyl groups is 1. The van der Waals surface area contributed by atoms with Crippen LogP contribution in [0.5, 0.6) is 0 Å². The third kappa shape index (κ3) is 2.36. The number of nitrogens with zero attached hydrogens (tertiary/aromatic N) is 2. The van der Waals surface area contributed by atoms with Gasteiger partial charge in [-0.2, -0.15) is 0 Å². The first-order valence-corrected chi connectivity index (χ1v) is 7.00. The van der Waals surface area contributed by atoms with Gasteiger partial charge in [0.2, 0.25) is 0 Å². The van der Waals surface area contributed by atoms with Crippen LogP contribution in [-0.4, -0.2) is 14.5 Å². The largest absolute Gasteiger partial charge is 0.386 e. The number of hydrogen-bond acceptors (Lipinski definition) is 2. The van der Waals surface area contributed by atoms with Gasteiger partial charge in [-0.15, -0.1) is 0 Å². The lowest BCUT2D eigenvalue weighted by atomic mass is 9.99. The average molecular weight is 323 g/mol. The molecule has 0 radical (unpaired) electrons. The minimum atomic E-state index is -1.31. The third-order valence-electron chi connectivity index (χ3n) is 3.49. The van der Waals surface area contributed by atoms with E-state index < -0.39 is 17.2 Å². The van der Waals surface area contributed by atoms with Gasteiger partial charge in [0.1, 0.15) is 5.82 Å². The zero-order valence-electron chi connectivity index (χ0n) is 11.9. The first kappa shape index (κ1) is 14.9. The van der Waals surface area contributed by atoms with Crippen LogP contribution in [0.1, 0.15) is 19.4 Å². The van der Waals surface area contributed by atoms with E-state index in [1.807, 2.05) is 0 Å². The number of halogens is 3. The SMILES string of the molecule is CC(C)(O)c1ccn2c(-c3ccc(F)c(Cl)c3)cnc2c1F. The maximum atomic E-state index is 14.5. The van der Waals surface area contributed by atoms with Gasteiger partial charge in [-0.1, -0.05) is 11.6 Å². The molecule has 2 aromatic heterocycles. The highest BCUT2D eigenvalue weighted by Gasteiger charge is 2.23. The van der Waals surface area contributed by atoms with Crippen LogP contribution in [0.15, 0.2) is 36.7 Å². The van der Waals surface area contributed by atoms with Crippen LogP contribution in [0.2, 0.25) is 5.02 Å².